The predicted octanol–water partition coefficient (Wildman–Crippen LogP) is 4.19. The third-order valence-electron chi connectivity index (χ3n) is 2.92. The van der Waals surface area contributed by atoms with Crippen molar-refractivity contribution in [2.45, 2.75) is 39.3 Å². The highest BCUT2D eigenvalue weighted by Crippen LogP contribution is 2.32. The van der Waals surface area contributed by atoms with E-state index >= 15 is 0 Å². The number of halogens is 3. The summed E-state index contributed by atoms with van der Waals surface area (Å²) in [5.41, 5.74) is 0.528. The van der Waals surface area contributed by atoms with Crippen LogP contribution < -0.4 is 5.32 Å². The van der Waals surface area contributed by atoms with Crippen LogP contribution in [0.5, 0.6) is 0 Å². The molecule has 0 fully saturated rings. The molecular formula is C14H20Cl2FNO. The molecule has 0 aliphatic heterocycles. The van der Waals surface area contributed by atoms with E-state index in [1.807, 2.05) is 20.8 Å². The first-order valence-electron chi connectivity index (χ1n) is 6.37. The maximum absolute atomic E-state index is 13.4. The molecule has 0 saturated carbocycles. The Morgan fingerprint density at radius 3 is 2.47 bits per heavy atom. The number of benzene rings is 1. The van der Waals surface area contributed by atoms with Gasteiger partial charge < -0.3 is 10.4 Å². The third-order valence-corrected chi connectivity index (χ3v) is 3.63. The van der Waals surface area contributed by atoms with Crippen LogP contribution in [-0.2, 0) is 0 Å². The first-order chi connectivity index (χ1) is 8.82. The number of aliphatic hydroxyl groups is 1. The molecule has 0 heterocycles. The van der Waals surface area contributed by atoms with Crippen molar-refractivity contribution in [3.8, 4) is 0 Å². The van der Waals surface area contributed by atoms with Crippen molar-refractivity contribution in [3.05, 3.63) is 33.6 Å². The first kappa shape index (κ1) is 16.7. The molecule has 0 spiro atoms. The minimum atomic E-state index is -0.488. The second-order valence-electron chi connectivity index (χ2n) is 5.17. The lowest BCUT2D eigenvalue weighted by Crippen LogP contribution is -2.30. The minimum Gasteiger partial charge on any atom is -0.392 e. The lowest BCUT2D eigenvalue weighted by molar-refractivity contribution is 0.143. The van der Waals surface area contributed by atoms with Crippen LogP contribution >= 0.6 is 23.2 Å². The minimum absolute atomic E-state index is 0.0332. The quantitative estimate of drug-likeness (QED) is 0.772. The van der Waals surface area contributed by atoms with Crippen LogP contribution in [0, 0.1) is 11.7 Å². The number of aliphatic hydroxyl groups excluding tert-OH is 1. The van der Waals surface area contributed by atoms with Crippen LogP contribution in [0.3, 0.4) is 0 Å². The first-order valence-corrected chi connectivity index (χ1v) is 7.13. The summed E-state index contributed by atoms with van der Waals surface area (Å²) >= 11 is 12.0. The number of nitrogens with one attached hydrogen (secondary N) is 1. The molecule has 1 rings (SSSR count). The van der Waals surface area contributed by atoms with Crippen molar-refractivity contribution >= 4 is 23.2 Å². The van der Waals surface area contributed by atoms with Gasteiger partial charge in [-0.05, 0) is 31.4 Å². The van der Waals surface area contributed by atoms with E-state index in [1.165, 1.54) is 12.1 Å². The molecule has 2 unspecified atom stereocenters. The van der Waals surface area contributed by atoms with Crippen LogP contribution in [0.1, 0.15) is 38.8 Å². The van der Waals surface area contributed by atoms with E-state index in [0.717, 1.165) is 0 Å². The lowest BCUT2D eigenvalue weighted by Gasteiger charge is -2.20. The molecule has 0 bridgehead atoms. The van der Waals surface area contributed by atoms with Gasteiger partial charge in [-0.1, -0.05) is 37.0 Å². The van der Waals surface area contributed by atoms with Gasteiger partial charge >= 0.3 is 0 Å². The van der Waals surface area contributed by atoms with Crippen molar-refractivity contribution in [2.75, 3.05) is 6.54 Å². The fraction of sp³-hybridized carbons (Fsp3) is 0.571. The normalized spacial score (nSPS) is 14.7. The fourth-order valence-corrected chi connectivity index (χ4v) is 2.68. The summed E-state index contributed by atoms with van der Waals surface area (Å²) in [6.07, 6.45) is 0.276. The van der Waals surface area contributed by atoms with Gasteiger partial charge in [-0.25, -0.2) is 4.39 Å². The van der Waals surface area contributed by atoms with Crippen LogP contribution in [0.4, 0.5) is 4.39 Å². The number of hydrogen-bond acceptors (Lipinski definition) is 2. The summed E-state index contributed by atoms with van der Waals surface area (Å²) in [6.45, 7) is 6.36. The van der Waals surface area contributed by atoms with Gasteiger partial charge in [0.1, 0.15) is 5.82 Å². The SMILES string of the molecule is CC(C)CC(O)CNC(C)c1c(Cl)ccc(F)c1Cl. The molecule has 0 radical (unpaired) electrons. The van der Waals surface area contributed by atoms with Crippen LogP contribution in [0.25, 0.3) is 0 Å². The largest absolute Gasteiger partial charge is 0.392 e. The van der Waals surface area contributed by atoms with Gasteiger partial charge in [0.25, 0.3) is 0 Å². The van der Waals surface area contributed by atoms with Gasteiger partial charge in [0, 0.05) is 23.2 Å². The Kier molecular flexibility index (Phi) is 6.54. The average molecular weight is 308 g/mol. The summed E-state index contributed by atoms with van der Waals surface area (Å²) in [5.74, 6) is -0.0640. The van der Waals surface area contributed by atoms with Crippen molar-refractivity contribution in [2.24, 2.45) is 5.92 Å². The van der Waals surface area contributed by atoms with Crippen molar-refractivity contribution < 1.29 is 9.50 Å². The zero-order chi connectivity index (χ0) is 14.6. The maximum Gasteiger partial charge on any atom is 0.142 e. The summed E-state index contributed by atoms with van der Waals surface area (Å²) in [7, 11) is 0. The Morgan fingerprint density at radius 2 is 1.89 bits per heavy atom. The van der Waals surface area contributed by atoms with E-state index in [2.05, 4.69) is 5.32 Å². The maximum atomic E-state index is 13.4. The van der Waals surface area contributed by atoms with E-state index in [9.17, 15) is 9.50 Å². The van der Waals surface area contributed by atoms with Gasteiger partial charge in [0.2, 0.25) is 0 Å². The summed E-state index contributed by atoms with van der Waals surface area (Å²) < 4.78 is 13.4. The van der Waals surface area contributed by atoms with Gasteiger partial charge in [-0.2, -0.15) is 0 Å². The van der Waals surface area contributed by atoms with E-state index < -0.39 is 11.9 Å². The topological polar surface area (TPSA) is 32.3 Å². The Balaban J connectivity index is 2.68. The van der Waals surface area contributed by atoms with Gasteiger partial charge in [-0.3, -0.25) is 0 Å². The Labute approximate surface area is 123 Å². The molecule has 1 aromatic rings. The second-order valence-corrected chi connectivity index (χ2v) is 5.96. The molecule has 1 aromatic carbocycles. The summed E-state index contributed by atoms with van der Waals surface area (Å²) in [4.78, 5) is 0. The van der Waals surface area contributed by atoms with Crippen molar-refractivity contribution in [1.29, 1.82) is 0 Å². The molecular weight excluding hydrogens is 288 g/mol. The van der Waals surface area contributed by atoms with Crippen LogP contribution in [0.15, 0.2) is 12.1 Å². The Bertz CT molecular complexity index is 426. The van der Waals surface area contributed by atoms with Gasteiger partial charge in [-0.15, -0.1) is 0 Å². The third kappa shape index (κ3) is 4.92. The fourth-order valence-electron chi connectivity index (χ4n) is 1.98. The molecule has 0 saturated heterocycles. The van der Waals surface area contributed by atoms with E-state index in [-0.39, 0.29) is 11.1 Å². The number of hydrogen-bond donors (Lipinski definition) is 2. The van der Waals surface area contributed by atoms with E-state index in [1.54, 1.807) is 0 Å². The zero-order valence-electron chi connectivity index (χ0n) is 11.4. The van der Waals surface area contributed by atoms with E-state index in [4.69, 9.17) is 23.2 Å². The molecule has 2 nitrogen and oxygen atoms in total. The van der Waals surface area contributed by atoms with Gasteiger partial charge in [0.15, 0.2) is 0 Å². The van der Waals surface area contributed by atoms with Crippen LogP contribution in [-0.4, -0.2) is 17.8 Å². The molecule has 19 heavy (non-hydrogen) atoms. The molecule has 0 amide bonds. The lowest BCUT2D eigenvalue weighted by atomic mass is 10.0. The molecule has 0 aliphatic carbocycles. The Hall–Kier alpha value is -0.350. The molecule has 2 N–H and O–H groups in total. The standard InChI is InChI=1S/C14H20Cl2FNO/c1-8(2)6-10(19)7-18-9(3)13-11(15)4-5-12(17)14(13)16/h4-5,8-10,18-19H,6-7H2,1-3H3. The second kappa shape index (κ2) is 7.44. The molecule has 5 heteroatoms. The molecule has 108 valence electrons. The molecule has 0 aromatic heterocycles. The highest BCUT2D eigenvalue weighted by atomic mass is 35.5. The molecule has 0 aliphatic rings. The van der Waals surface area contributed by atoms with Gasteiger partial charge in [0.05, 0.1) is 11.1 Å². The Morgan fingerprint density at radius 1 is 1.26 bits per heavy atom. The van der Waals surface area contributed by atoms with E-state index in [0.29, 0.717) is 29.5 Å². The molecule has 2 atom stereocenters. The van der Waals surface area contributed by atoms with Crippen molar-refractivity contribution in [1.82, 2.24) is 5.32 Å². The highest BCUT2D eigenvalue weighted by Gasteiger charge is 2.17. The van der Waals surface area contributed by atoms with Crippen LogP contribution in [0.2, 0.25) is 10.0 Å². The highest BCUT2D eigenvalue weighted by molar-refractivity contribution is 6.36. The monoisotopic (exact) mass is 307 g/mol. The van der Waals surface area contributed by atoms with Crippen molar-refractivity contribution in [3.63, 3.8) is 0 Å². The number of rotatable bonds is 6. The summed E-state index contributed by atoms with van der Waals surface area (Å²) in [6, 6.07) is 2.51. The smallest absolute Gasteiger partial charge is 0.142 e. The zero-order valence-corrected chi connectivity index (χ0v) is 12.9. The predicted molar refractivity (Wildman–Crippen MR) is 78.3 cm³/mol. The average Bonchev–Trinajstić information content (AvgIpc) is 2.31. The summed E-state index contributed by atoms with van der Waals surface area (Å²) in [5, 5.41) is 13.4.